The minimum atomic E-state index is -1.20. The number of benzene rings is 2. The van der Waals surface area contributed by atoms with Crippen molar-refractivity contribution in [1.29, 1.82) is 5.26 Å². The van der Waals surface area contributed by atoms with Crippen molar-refractivity contribution in [2.45, 2.75) is 59.5 Å². The molecule has 10 heteroatoms. The Hall–Kier alpha value is -3.94. The Morgan fingerprint density at radius 3 is 2.56 bits per heavy atom. The molecule has 0 atom stereocenters. The molecule has 0 bridgehead atoms. The summed E-state index contributed by atoms with van der Waals surface area (Å²) in [5.41, 5.74) is 5.88. The number of hydrogen-bond acceptors (Lipinski definition) is 6. The van der Waals surface area contributed by atoms with Gasteiger partial charge in [0.05, 0.1) is 12.0 Å². The van der Waals surface area contributed by atoms with E-state index in [0.717, 1.165) is 33.9 Å². The van der Waals surface area contributed by atoms with Crippen LogP contribution in [0.1, 0.15) is 44.1 Å². The third-order valence-electron chi connectivity index (χ3n) is 7.03. The lowest BCUT2D eigenvalue weighted by Crippen LogP contribution is -2.28. The summed E-state index contributed by atoms with van der Waals surface area (Å²) >= 11 is 0. The van der Waals surface area contributed by atoms with Gasteiger partial charge in [-0.3, -0.25) is 9.36 Å². The van der Waals surface area contributed by atoms with Gasteiger partial charge in [-0.1, -0.05) is 49.5 Å². The van der Waals surface area contributed by atoms with Gasteiger partial charge >= 0.3 is 0 Å². The van der Waals surface area contributed by atoms with E-state index in [0.29, 0.717) is 37.0 Å². The van der Waals surface area contributed by atoms with Crippen LogP contribution in [-0.2, 0) is 17.8 Å². The number of aryl methyl sites for hydroxylation is 2. The number of aromatic nitrogens is 2. The van der Waals surface area contributed by atoms with E-state index in [9.17, 15) is 10.1 Å². The molecule has 0 saturated carbocycles. The van der Waals surface area contributed by atoms with Crippen LogP contribution in [0.25, 0.3) is 5.69 Å². The summed E-state index contributed by atoms with van der Waals surface area (Å²) in [5.74, 6) is 0.816. The first-order chi connectivity index (χ1) is 19.4. The van der Waals surface area contributed by atoms with Crippen LogP contribution in [0.15, 0.2) is 35.3 Å². The number of aliphatic imine (C=N–C) groups is 1. The summed E-state index contributed by atoms with van der Waals surface area (Å²) in [6, 6.07) is 13.3. The fourth-order valence-corrected chi connectivity index (χ4v) is 5.56. The number of imidazole rings is 1. The van der Waals surface area contributed by atoms with E-state index in [1.165, 1.54) is 0 Å². The molecule has 0 spiro atoms. The highest BCUT2D eigenvalue weighted by molar-refractivity contribution is 6.76. The molecule has 9 nitrogen and oxygen atoms in total. The summed E-state index contributed by atoms with van der Waals surface area (Å²) in [6.07, 6.45) is 1.61. The Labute approximate surface area is 244 Å². The second-order valence-electron chi connectivity index (χ2n) is 12.0. The fraction of sp³-hybridized carbons (Fsp3) is 0.419. The molecule has 2 aromatic carbocycles. The SMILES string of the molecule is Cc1ccc2c(c1)CN(C(=O)c1nc(C#N)c(/N=C/N(C)C)n1-c1c(C)ccc(OCOCC[Si](C)(C)C)c1C)C2. The van der Waals surface area contributed by atoms with Gasteiger partial charge in [0, 0.05) is 47.4 Å². The Balaban J connectivity index is 1.75. The monoisotopic (exact) mass is 572 g/mol. The quantitative estimate of drug-likeness (QED) is 0.101. The molecule has 4 rings (SSSR count). The Morgan fingerprint density at radius 2 is 1.88 bits per heavy atom. The minimum absolute atomic E-state index is 0.0822. The third kappa shape index (κ3) is 6.86. The second kappa shape index (κ2) is 12.3. The highest BCUT2D eigenvalue weighted by Crippen LogP contribution is 2.35. The molecule has 1 aromatic heterocycles. The standard InChI is InChI=1S/C31H40N6O3Si/c1-21-9-11-24-17-36(18-25(24)15-21)31(38)30-34-26(16-32)29(33-19-35(4)5)37(30)28-22(2)10-12-27(23(28)3)40-20-39-13-14-41(6,7)8/h9-12,15,19H,13-14,17-18,20H2,1-8H3/b33-19+. The smallest absolute Gasteiger partial charge is 0.290 e. The molecule has 3 aromatic rings. The van der Waals surface area contributed by atoms with Gasteiger partial charge < -0.3 is 19.3 Å². The first-order valence-electron chi connectivity index (χ1n) is 13.8. The maximum Gasteiger partial charge on any atom is 0.290 e. The fourth-order valence-electron chi connectivity index (χ4n) is 4.80. The first kappa shape index (κ1) is 30.0. The van der Waals surface area contributed by atoms with Gasteiger partial charge in [0.25, 0.3) is 5.91 Å². The van der Waals surface area contributed by atoms with Gasteiger partial charge in [0.1, 0.15) is 11.8 Å². The van der Waals surface area contributed by atoms with Crippen LogP contribution in [0.4, 0.5) is 5.82 Å². The van der Waals surface area contributed by atoms with Crippen molar-refractivity contribution in [3.8, 4) is 17.5 Å². The van der Waals surface area contributed by atoms with E-state index in [-0.39, 0.29) is 24.2 Å². The lowest BCUT2D eigenvalue weighted by molar-refractivity contribution is 0.0216. The van der Waals surface area contributed by atoms with E-state index >= 15 is 0 Å². The van der Waals surface area contributed by atoms with Crippen LogP contribution in [0, 0.1) is 32.1 Å². The zero-order valence-electron chi connectivity index (χ0n) is 25.4. The molecule has 1 aliphatic rings. The summed E-state index contributed by atoms with van der Waals surface area (Å²) in [4.78, 5) is 26.8. The van der Waals surface area contributed by atoms with Crippen LogP contribution in [0.3, 0.4) is 0 Å². The Bertz CT molecular complexity index is 1510. The van der Waals surface area contributed by atoms with Gasteiger partial charge in [-0.2, -0.15) is 5.26 Å². The first-order valence-corrected chi connectivity index (χ1v) is 17.5. The maximum absolute atomic E-state index is 14.1. The number of hydrogen-bond donors (Lipinski definition) is 0. The summed E-state index contributed by atoms with van der Waals surface area (Å²) in [5, 5.41) is 10.0. The predicted molar refractivity (Wildman–Crippen MR) is 164 cm³/mol. The lowest BCUT2D eigenvalue weighted by atomic mass is 10.1. The van der Waals surface area contributed by atoms with Crippen molar-refractivity contribution >= 4 is 26.1 Å². The topological polar surface area (TPSA) is 96.0 Å². The minimum Gasteiger partial charge on any atom is -0.467 e. The number of fused-ring (bicyclic) bond motifs is 1. The van der Waals surface area contributed by atoms with Crippen molar-refractivity contribution in [3.05, 3.63) is 69.7 Å². The molecule has 0 N–H and O–H groups in total. The van der Waals surface area contributed by atoms with Crippen molar-refractivity contribution < 1.29 is 14.3 Å². The normalized spacial score (nSPS) is 13.0. The van der Waals surface area contributed by atoms with Gasteiger partial charge in [-0.25, -0.2) is 9.98 Å². The largest absolute Gasteiger partial charge is 0.467 e. The van der Waals surface area contributed by atoms with Gasteiger partial charge in [-0.15, -0.1) is 0 Å². The predicted octanol–water partition coefficient (Wildman–Crippen LogP) is 5.74. The van der Waals surface area contributed by atoms with Crippen molar-refractivity contribution in [1.82, 2.24) is 19.4 Å². The molecule has 0 aliphatic carbocycles. The number of ether oxygens (including phenoxy) is 2. The summed E-state index contributed by atoms with van der Waals surface area (Å²) in [7, 11) is 2.49. The van der Waals surface area contributed by atoms with Gasteiger partial charge in [0.2, 0.25) is 5.82 Å². The van der Waals surface area contributed by atoms with Crippen LogP contribution in [0.5, 0.6) is 5.75 Å². The van der Waals surface area contributed by atoms with Crippen molar-refractivity contribution in [2.24, 2.45) is 4.99 Å². The number of nitriles is 1. The molecule has 2 heterocycles. The maximum atomic E-state index is 14.1. The number of carbonyl (C=O) groups is 1. The number of nitrogens with zero attached hydrogens (tertiary/aromatic N) is 6. The molecule has 41 heavy (non-hydrogen) atoms. The molecule has 0 fully saturated rings. The van der Waals surface area contributed by atoms with Crippen LogP contribution in [0.2, 0.25) is 25.7 Å². The lowest BCUT2D eigenvalue weighted by Gasteiger charge is -2.21. The molecule has 0 radical (unpaired) electrons. The summed E-state index contributed by atoms with van der Waals surface area (Å²) in [6.45, 7) is 14.6. The van der Waals surface area contributed by atoms with Gasteiger partial charge in [0.15, 0.2) is 18.3 Å². The molecule has 1 amide bonds. The average Bonchev–Trinajstić information content (AvgIpc) is 3.48. The van der Waals surface area contributed by atoms with E-state index in [1.54, 1.807) is 20.7 Å². The zero-order chi connectivity index (χ0) is 29.9. The van der Waals surface area contributed by atoms with E-state index in [4.69, 9.17) is 9.47 Å². The second-order valence-corrected chi connectivity index (χ2v) is 17.7. The van der Waals surface area contributed by atoms with Crippen LogP contribution >= 0.6 is 0 Å². The molecular formula is C31H40N6O3Si. The Kier molecular flexibility index (Phi) is 9.00. The summed E-state index contributed by atoms with van der Waals surface area (Å²) < 4.78 is 13.5. The molecular weight excluding hydrogens is 532 g/mol. The molecule has 0 unspecified atom stereocenters. The Morgan fingerprint density at radius 1 is 1.15 bits per heavy atom. The van der Waals surface area contributed by atoms with Crippen molar-refractivity contribution in [3.63, 3.8) is 0 Å². The number of carbonyl (C=O) groups excluding carboxylic acids is 1. The zero-order valence-corrected chi connectivity index (χ0v) is 26.4. The number of amides is 1. The average molecular weight is 573 g/mol. The highest BCUT2D eigenvalue weighted by Gasteiger charge is 2.32. The van der Waals surface area contributed by atoms with Crippen LogP contribution < -0.4 is 4.74 Å². The molecule has 216 valence electrons. The van der Waals surface area contributed by atoms with E-state index < -0.39 is 8.07 Å². The third-order valence-corrected chi connectivity index (χ3v) is 8.74. The van der Waals surface area contributed by atoms with Crippen LogP contribution in [-0.4, -0.2) is 67.2 Å². The number of rotatable bonds is 10. The van der Waals surface area contributed by atoms with E-state index in [1.807, 2.05) is 47.0 Å². The van der Waals surface area contributed by atoms with Gasteiger partial charge in [-0.05, 0) is 49.6 Å². The molecule has 0 saturated heterocycles. The molecule has 1 aliphatic heterocycles. The van der Waals surface area contributed by atoms with E-state index in [2.05, 4.69) is 53.9 Å². The highest BCUT2D eigenvalue weighted by atomic mass is 28.3. The van der Waals surface area contributed by atoms with Crippen molar-refractivity contribution in [2.75, 3.05) is 27.5 Å².